The summed E-state index contributed by atoms with van der Waals surface area (Å²) >= 11 is 3.73. The van der Waals surface area contributed by atoms with Crippen molar-refractivity contribution in [2.45, 2.75) is 4.90 Å². The molecule has 0 aliphatic carbocycles. The van der Waals surface area contributed by atoms with E-state index in [-0.39, 0.29) is 5.97 Å². The third kappa shape index (κ3) is 3.99. The molecule has 0 bridgehead atoms. The average Bonchev–Trinajstić information content (AvgIpc) is 2.16. The average molecular weight is 308 g/mol. The van der Waals surface area contributed by atoms with Gasteiger partial charge >= 0.3 is 5.97 Å². The van der Waals surface area contributed by atoms with E-state index in [1.165, 1.54) is 22.4 Å². The molecule has 4 heteroatoms. The summed E-state index contributed by atoms with van der Waals surface area (Å²) in [6, 6.07) is 8.02. The van der Waals surface area contributed by atoms with Crippen LogP contribution in [0.3, 0.4) is 0 Å². The molecule has 0 aromatic heterocycles. The molecule has 0 amide bonds. The van der Waals surface area contributed by atoms with E-state index in [0.717, 1.165) is 4.90 Å². The van der Waals surface area contributed by atoms with Crippen molar-refractivity contribution in [3.05, 3.63) is 27.8 Å². The van der Waals surface area contributed by atoms with Crippen molar-refractivity contribution in [2.24, 2.45) is 0 Å². The highest BCUT2D eigenvalue weighted by Crippen LogP contribution is 2.18. The minimum absolute atomic E-state index is 0.191. The van der Waals surface area contributed by atoms with Crippen molar-refractivity contribution in [2.75, 3.05) is 12.9 Å². The Labute approximate surface area is 95.2 Å². The smallest absolute Gasteiger partial charge is 0.315 e. The zero-order valence-corrected chi connectivity index (χ0v) is 10.1. The first-order chi connectivity index (χ1) is 6.22. The van der Waals surface area contributed by atoms with Gasteiger partial charge in [0, 0.05) is 8.47 Å². The first-order valence-electron chi connectivity index (χ1n) is 3.67. The maximum absolute atomic E-state index is 10.8. The number of benzene rings is 1. The summed E-state index contributed by atoms with van der Waals surface area (Å²) in [7, 11) is 1.40. The molecule has 13 heavy (non-hydrogen) atoms. The van der Waals surface area contributed by atoms with Crippen LogP contribution in [0.25, 0.3) is 0 Å². The van der Waals surface area contributed by atoms with Crippen molar-refractivity contribution in [3.8, 4) is 0 Å². The predicted molar refractivity (Wildman–Crippen MR) is 61.9 cm³/mol. The fourth-order valence-electron chi connectivity index (χ4n) is 0.732. The van der Waals surface area contributed by atoms with Gasteiger partial charge in [0.25, 0.3) is 0 Å². The van der Waals surface area contributed by atoms with Crippen LogP contribution in [-0.4, -0.2) is 18.8 Å². The van der Waals surface area contributed by atoms with Crippen LogP contribution in [0.2, 0.25) is 0 Å². The van der Waals surface area contributed by atoms with Crippen molar-refractivity contribution in [3.63, 3.8) is 0 Å². The molecular weight excluding hydrogens is 299 g/mol. The molecule has 0 saturated carbocycles. The first kappa shape index (κ1) is 10.8. The SMILES string of the molecule is COC(=O)CSc1ccc(I)cc1. The van der Waals surface area contributed by atoms with Gasteiger partial charge in [-0.05, 0) is 46.9 Å². The summed E-state index contributed by atoms with van der Waals surface area (Å²) in [5.74, 6) is 0.181. The van der Waals surface area contributed by atoms with Crippen LogP contribution in [0.4, 0.5) is 0 Å². The zero-order valence-electron chi connectivity index (χ0n) is 7.12. The quantitative estimate of drug-likeness (QED) is 0.488. The first-order valence-corrected chi connectivity index (χ1v) is 5.74. The van der Waals surface area contributed by atoms with Gasteiger partial charge in [-0.2, -0.15) is 0 Å². The normalized spacial score (nSPS) is 9.69. The van der Waals surface area contributed by atoms with Crippen molar-refractivity contribution < 1.29 is 9.53 Å². The Balaban J connectivity index is 2.46. The Bertz CT molecular complexity index is 284. The second-order valence-electron chi connectivity index (χ2n) is 2.32. The van der Waals surface area contributed by atoms with E-state index in [9.17, 15) is 4.79 Å². The highest BCUT2D eigenvalue weighted by atomic mass is 127. The van der Waals surface area contributed by atoms with Gasteiger partial charge < -0.3 is 4.74 Å². The van der Waals surface area contributed by atoms with Crippen molar-refractivity contribution in [1.82, 2.24) is 0 Å². The number of ether oxygens (including phenoxy) is 1. The molecule has 0 spiro atoms. The summed E-state index contributed by atoms with van der Waals surface area (Å²) in [5.41, 5.74) is 0. The van der Waals surface area contributed by atoms with Crippen molar-refractivity contribution >= 4 is 40.3 Å². The van der Waals surface area contributed by atoms with Crippen LogP contribution in [0.15, 0.2) is 29.2 Å². The van der Waals surface area contributed by atoms with Gasteiger partial charge in [-0.3, -0.25) is 4.79 Å². The predicted octanol–water partition coefficient (Wildman–Crippen LogP) is 2.56. The standard InChI is InChI=1S/C9H9IO2S/c1-12-9(11)6-13-8-4-2-7(10)3-5-8/h2-5H,6H2,1H3. The second kappa shape index (κ2) is 5.49. The van der Waals surface area contributed by atoms with Crippen LogP contribution < -0.4 is 0 Å². The van der Waals surface area contributed by atoms with Gasteiger partial charge in [0.1, 0.15) is 0 Å². The Morgan fingerprint density at radius 1 is 1.46 bits per heavy atom. The Morgan fingerprint density at radius 2 is 2.08 bits per heavy atom. The van der Waals surface area contributed by atoms with Crippen LogP contribution in [0, 0.1) is 3.57 Å². The Hall–Kier alpha value is -0.230. The molecule has 0 heterocycles. The number of thioether (sulfide) groups is 1. The van der Waals surface area contributed by atoms with E-state index in [2.05, 4.69) is 27.3 Å². The molecule has 1 aromatic carbocycles. The summed E-state index contributed by atoms with van der Waals surface area (Å²) in [6.45, 7) is 0. The van der Waals surface area contributed by atoms with E-state index in [0.29, 0.717) is 5.75 Å². The minimum atomic E-state index is -0.191. The van der Waals surface area contributed by atoms with E-state index in [4.69, 9.17) is 0 Å². The second-order valence-corrected chi connectivity index (χ2v) is 4.61. The van der Waals surface area contributed by atoms with E-state index >= 15 is 0 Å². The Kier molecular flexibility index (Phi) is 4.58. The Morgan fingerprint density at radius 3 is 2.62 bits per heavy atom. The molecule has 2 nitrogen and oxygen atoms in total. The maximum Gasteiger partial charge on any atom is 0.315 e. The highest BCUT2D eigenvalue weighted by molar-refractivity contribution is 14.1. The molecular formula is C9H9IO2S. The fraction of sp³-hybridized carbons (Fsp3) is 0.222. The molecule has 0 atom stereocenters. The fourth-order valence-corrected chi connectivity index (χ4v) is 1.82. The summed E-state index contributed by atoms with van der Waals surface area (Å²) < 4.78 is 5.73. The van der Waals surface area contributed by atoms with Gasteiger partial charge in [-0.1, -0.05) is 0 Å². The molecule has 0 N–H and O–H groups in total. The third-order valence-corrected chi connectivity index (χ3v) is 3.10. The molecule has 0 radical (unpaired) electrons. The summed E-state index contributed by atoms with van der Waals surface area (Å²) in [5, 5.41) is 0. The van der Waals surface area contributed by atoms with E-state index < -0.39 is 0 Å². The van der Waals surface area contributed by atoms with Gasteiger partial charge in [0.05, 0.1) is 12.9 Å². The number of methoxy groups -OCH3 is 1. The van der Waals surface area contributed by atoms with E-state index in [1.54, 1.807) is 0 Å². The summed E-state index contributed by atoms with van der Waals surface area (Å²) in [4.78, 5) is 11.9. The van der Waals surface area contributed by atoms with Gasteiger partial charge in [0.15, 0.2) is 0 Å². The molecule has 0 aliphatic heterocycles. The monoisotopic (exact) mass is 308 g/mol. The zero-order chi connectivity index (χ0) is 9.68. The number of hydrogen-bond acceptors (Lipinski definition) is 3. The third-order valence-electron chi connectivity index (χ3n) is 1.40. The van der Waals surface area contributed by atoms with E-state index in [1.807, 2.05) is 24.3 Å². The number of carbonyl (C=O) groups is 1. The minimum Gasteiger partial charge on any atom is -0.468 e. The largest absolute Gasteiger partial charge is 0.468 e. The van der Waals surface area contributed by atoms with Crippen LogP contribution >= 0.6 is 34.4 Å². The topological polar surface area (TPSA) is 26.3 Å². The number of carbonyl (C=O) groups excluding carboxylic acids is 1. The summed E-state index contributed by atoms with van der Waals surface area (Å²) in [6.07, 6.45) is 0. The molecule has 70 valence electrons. The number of esters is 1. The lowest BCUT2D eigenvalue weighted by molar-refractivity contribution is -0.137. The molecule has 0 fully saturated rings. The number of halogens is 1. The highest BCUT2D eigenvalue weighted by Gasteiger charge is 2.00. The molecule has 0 saturated heterocycles. The van der Waals surface area contributed by atoms with Crippen LogP contribution in [-0.2, 0) is 9.53 Å². The number of hydrogen-bond donors (Lipinski definition) is 0. The van der Waals surface area contributed by atoms with Gasteiger partial charge in [-0.15, -0.1) is 11.8 Å². The molecule has 0 aliphatic rings. The maximum atomic E-state index is 10.8. The molecule has 0 unspecified atom stereocenters. The molecule has 1 rings (SSSR count). The van der Waals surface area contributed by atoms with Crippen LogP contribution in [0.5, 0.6) is 0 Å². The lowest BCUT2D eigenvalue weighted by Crippen LogP contribution is -2.02. The van der Waals surface area contributed by atoms with Gasteiger partial charge in [0.2, 0.25) is 0 Å². The van der Waals surface area contributed by atoms with Crippen molar-refractivity contribution in [1.29, 1.82) is 0 Å². The number of rotatable bonds is 3. The van der Waals surface area contributed by atoms with Crippen LogP contribution in [0.1, 0.15) is 0 Å². The van der Waals surface area contributed by atoms with Gasteiger partial charge in [-0.25, -0.2) is 0 Å². The lowest BCUT2D eigenvalue weighted by atomic mass is 10.4. The lowest BCUT2D eigenvalue weighted by Gasteiger charge is -1.99. The molecule has 1 aromatic rings.